The molecule has 0 amide bonds. The Morgan fingerprint density at radius 1 is 1.07 bits per heavy atom. The van der Waals surface area contributed by atoms with Crippen LogP contribution in [0.25, 0.3) is 10.9 Å². The maximum absolute atomic E-state index is 8.83. The number of ether oxygens (including phenoxy) is 1. The summed E-state index contributed by atoms with van der Waals surface area (Å²) in [6.45, 7) is 0.709. The van der Waals surface area contributed by atoms with Crippen molar-refractivity contribution in [3.8, 4) is 17.0 Å². The summed E-state index contributed by atoms with van der Waals surface area (Å²) in [5, 5.41) is 15.8. The molecule has 0 spiro atoms. The van der Waals surface area contributed by atoms with Crippen molar-refractivity contribution in [2.24, 2.45) is 0 Å². The smallest absolute Gasteiger partial charge is 0.278 e. The second kappa shape index (κ2) is 7.81. The van der Waals surface area contributed by atoms with Crippen LogP contribution in [0.4, 0.5) is 5.82 Å². The number of aromatic nitrogens is 3. The maximum atomic E-state index is 8.83. The Morgan fingerprint density at radius 3 is 2.78 bits per heavy atom. The van der Waals surface area contributed by atoms with E-state index in [0.29, 0.717) is 23.1 Å². The molecule has 132 valence electrons. The van der Waals surface area contributed by atoms with Crippen LogP contribution in [-0.4, -0.2) is 21.5 Å². The van der Waals surface area contributed by atoms with Crippen molar-refractivity contribution in [1.29, 1.82) is 5.26 Å². The van der Waals surface area contributed by atoms with E-state index in [1.54, 1.807) is 30.6 Å². The SMILES string of the molecule is N#Cc1ccc(Oc2nc(CCNc3ncnc4ccccc34)cs2)cc1. The van der Waals surface area contributed by atoms with Crippen LogP contribution in [0.1, 0.15) is 11.3 Å². The first-order valence-corrected chi connectivity index (χ1v) is 9.26. The van der Waals surface area contributed by atoms with Gasteiger partial charge in [0.15, 0.2) is 0 Å². The van der Waals surface area contributed by atoms with Crippen molar-refractivity contribution in [2.75, 3.05) is 11.9 Å². The van der Waals surface area contributed by atoms with Crippen molar-refractivity contribution >= 4 is 28.1 Å². The van der Waals surface area contributed by atoms with Gasteiger partial charge in [0.25, 0.3) is 5.19 Å². The van der Waals surface area contributed by atoms with Gasteiger partial charge in [-0.15, -0.1) is 0 Å². The largest absolute Gasteiger partial charge is 0.431 e. The average molecular weight is 373 g/mol. The molecule has 6 nitrogen and oxygen atoms in total. The summed E-state index contributed by atoms with van der Waals surface area (Å²) in [6, 6.07) is 17.0. The molecule has 2 heterocycles. The average Bonchev–Trinajstić information content (AvgIpc) is 3.16. The van der Waals surface area contributed by atoms with E-state index in [0.717, 1.165) is 28.8 Å². The van der Waals surface area contributed by atoms with Gasteiger partial charge in [-0.2, -0.15) is 5.26 Å². The molecule has 1 N–H and O–H groups in total. The number of nitrogens with one attached hydrogen (secondary N) is 1. The Balaban J connectivity index is 1.36. The number of thiazole rings is 1. The predicted molar refractivity (Wildman–Crippen MR) is 105 cm³/mol. The molecule has 0 aliphatic heterocycles. The summed E-state index contributed by atoms with van der Waals surface area (Å²) >= 11 is 1.45. The van der Waals surface area contributed by atoms with Gasteiger partial charge in [0.1, 0.15) is 17.9 Å². The third-order valence-corrected chi connectivity index (χ3v) is 4.70. The molecule has 2 aromatic heterocycles. The zero-order chi connectivity index (χ0) is 18.5. The highest BCUT2D eigenvalue weighted by molar-refractivity contribution is 7.11. The van der Waals surface area contributed by atoms with Crippen molar-refractivity contribution < 1.29 is 4.74 Å². The molecule has 0 saturated heterocycles. The van der Waals surface area contributed by atoms with Gasteiger partial charge in [-0.05, 0) is 36.4 Å². The molecule has 2 aromatic carbocycles. The summed E-state index contributed by atoms with van der Waals surface area (Å²) < 4.78 is 5.74. The number of anilines is 1. The number of hydrogen-bond acceptors (Lipinski definition) is 7. The molecule has 0 aliphatic rings. The number of hydrogen-bond donors (Lipinski definition) is 1. The van der Waals surface area contributed by atoms with E-state index in [1.807, 2.05) is 29.6 Å². The Hall–Kier alpha value is -3.50. The lowest BCUT2D eigenvalue weighted by molar-refractivity contribution is 0.477. The molecule has 0 unspecified atom stereocenters. The van der Waals surface area contributed by atoms with Crippen LogP contribution in [-0.2, 0) is 6.42 Å². The molecule has 4 aromatic rings. The first kappa shape index (κ1) is 16.9. The summed E-state index contributed by atoms with van der Waals surface area (Å²) in [6.07, 6.45) is 2.32. The van der Waals surface area contributed by atoms with Gasteiger partial charge in [-0.25, -0.2) is 15.0 Å². The lowest BCUT2D eigenvalue weighted by Gasteiger charge is -2.07. The molecule has 0 fully saturated rings. The Labute approximate surface area is 160 Å². The molecule has 0 aliphatic carbocycles. The third kappa shape index (κ3) is 4.02. The minimum absolute atomic E-state index is 0.585. The molecular weight excluding hydrogens is 358 g/mol. The molecule has 27 heavy (non-hydrogen) atoms. The lowest BCUT2D eigenvalue weighted by Crippen LogP contribution is -2.07. The number of para-hydroxylation sites is 1. The van der Waals surface area contributed by atoms with Gasteiger partial charge < -0.3 is 10.1 Å². The van der Waals surface area contributed by atoms with Gasteiger partial charge in [0.2, 0.25) is 0 Å². The normalized spacial score (nSPS) is 10.5. The van der Waals surface area contributed by atoms with Gasteiger partial charge in [-0.1, -0.05) is 23.5 Å². The van der Waals surface area contributed by atoms with E-state index in [2.05, 4.69) is 26.3 Å². The lowest BCUT2D eigenvalue weighted by atomic mass is 10.2. The van der Waals surface area contributed by atoms with Crippen LogP contribution in [0.3, 0.4) is 0 Å². The predicted octanol–water partition coefficient (Wildman–Crippen LogP) is 4.40. The van der Waals surface area contributed by atoms with Gasteiger partial charge in [0.05, 0.1) is 22.8 Å². The second-order valence-corrected chi connectivity index (χ2v) is 6.58. The first-order chi connectivity index (χ1) is 13.3. The van der Waals surface area contributed by atoms with Crippen molar-refractivity contribution in [3.63, 3.8) is 0 Å². The number of benzene rings is 2. The third-order valence-electron chi connectivity index (χ3n) is 3.94. The monoisotopic (exact) mass is 373 g/mol. The van der Waals surface area contributed by atoms with E-state index in [9.17, 15) is 0 Å². The van der Waals surface area contributed by atoms with Crippen molar-refractivity contribution in [1.82, 2.24) is 15.0 Å². The zero-order valence-corrected chi connectivity index (χ0v) is 15.1. The minimum Gasteiger partial charge on any atom is -0.431 e. The Bertz CT molecular complexity index is 1100. The molecule has 0 atom stereocenters. The van der Waals surface area contributed by atoms with Crippen LogP contribution < -0.4 is 10.1 Å². The standard InChI is InChI=1S/C20H15N5OS/c21-11-14-5-7-16(8-6-14)26-20-25-15(12-27-20)9-10-22-19-17-3-1-2-4-18(17)23-13-24-19/h1-8,12-13H,9-10H2,(H,22,23,24). The summed E-state index contributed by atoms with van der Waals surface area (Å²) in [7, 11) is 0. The van der Waals surface area contributed by atoms with E-state index in [4.69, 9.17) is 10.00 Å². The Kier molecular flexibility index (Phi) is 4.90. The van der Waals surface area contributed by atoms with Crippen LogP contribution in [0.2, 0.25) is 0 Å². The fourth-order valence-corrected chi connectivity index (χ4v) is 3.32. The second-order valence-electron chi connectivity index (χ2n) is 5.76. The van der Waals surface area contributed by atoms with Crippen LogP contribution in [0, 0.1) is 11.3 Å². The molecule has 7 heteroatoms. The molecular formula is C20H15N5OS. The Morgan fingerprint density at radius 2 is 1.93 bits per heavy atom. The van der Waals surface area contributed by atoms with Crippen LogP contribution in [0.15, 0.2) is 60.2 Å². The van der Waals surface area contributed by atoms with E-state index in [-0.39, 0.29) is 0 Å². The maximum Gasteiger partial charge on any atom is 0.278 e. The highest BCUT2D eigenvalue weighted by Crippen LogP contribution is 2.25. The van der Waals surface area contributed by atoms with Crippen molar-refractivity contribution in [2.45, 2.75) is 6.42 Å². The molecule has 0 saturated carbocycles. The first-order valence-electron chi connectivity index (χ1n) is 8.38. The van der Waals surface area contributed by atoms with Crippen LogP contribution >= 0.6 is 11.3 Å². The highest BCUT2D eigenvalue weighted by atomic mass is 32.1. The summed E-state index contributed by atoms with van der Waals surface area (Å²) in [5.41, 5.74) is 2.47. The number of fused-ring (bicyclic) bond motifs is 1. The number of rotatable bonds is 6. The van der Waals surface area contributed by atoms with E-state index >= 15 is 0 Å². The quantitative estimate of drug-likeness (QED) is 0.539. The summed E-state index contributed by atoms with van der Waals surface area (Å²) in [5.74, 6) is 1.49. The van der Waals surface area contributed by atoms with Gasteiger partial charge in [0, 0.05) is 23.7 Å². The minimum atomic E-state index is 0.585. The van der Waals surface area contributed by atoms with Crippen molar-refractivity contribution in [3.05, 3.63) is 71.5 Å². The zero-order valence-electron chi connectivity index (χ0n) is 14.3. The van der Waals surface area contributed by atoms with Gasteiger partial charge >= 0.3 is 0 Å². The summed E-state index contributed by atoms with van der Waals surface area (Å²) in [4.78, 5) is 13.1. The van der Waals surface area contributed by atoms with Gasteiger partial charge in [-0.3, -0.25) is 0 Å². The molecule has 0 bridgehead atoms. The highest BCUT2D eigenvalue weighted by Gasteiger charge is 2.06. The van der Waals surface area contributed by atoms with E-state index in [1.165, 1.54) is 11.3 Å². The van der Waals surface area contributed by atoms with E-state index < -0.39 is 0 Å². The number of nitriles is 1. The van der Waals surface area contributed by atoms with Crippen LogP contribution in [0.5, 0.6) is 10.9 Å². The molecule has 4 rings (SSSR count). The fraction of sp³-hybridized carbons (Fsp3) is 0.100. The topological polar surface area (TPSA) is 83.7 Å². The fourth-order valence-electron chi connectivity index (χ4n) is 2.60. The molecule has 0 radical (unpaired) electrons. The number of nitrogens with zero attached hydrogens (tertiary/aromatic N) is 4.